The van der Waals surface area contributed by atoms with E-state index in [1.54, 1.807) is 7.11 Å². The van der Waals surface area contributed by atoms with E-state index in [9.17, 15) is 4.79 Å². The smallest absolute Gasteiger partial charge is 0.253 e. The Morgan fingerprint density at radius 1 is 0.800 bits per heavy atom. The van der Waals surface area contributed by atoms with E-state index in [4.69, 9.17) is 4.74 Å². The molecule has 1 aliphatic heterocycles. The molecule has 0 spiro atoms. The maximum atomic E-state index is 12.8. The molecule has 0 unspecified atom stereocenters. The molecule has 0 aliphatic carbocycles. The molecule has 1 fully saturated rings. The zero-order valence-corrected chi connectivity index (χ0v) is 21.2. The van der Waals surface area contributed by atoms with Crippen molar-refractivity contribution in [3.8, 4) is 5.75 Å². The minimum absolute atomic E-state index is 0.0994. The van der Waals surface area contributed by atoms with Gasteiger partial charge in [0.15, 0.2) is 0 Å². The largest absolute Gasteiger partial charge is 0.497 e. The van der Waals surface area contributed by atoms with Crippen molar-refractivity contribution >= 4 is 11.5 Å². The normalized spacial score (nSPS) is 14.0. The summed E-state index contributed by atoms with van der Waals surface area (Å²) in [6.45, 7) is 8.53. The first-order chi connectivity index (χ1) is 17.1. The summed E-state index contributed by atoms with van der Waals surface area (Å²) in [4.78, 5) is 17.2. The molecule has 1 heterocycles. The van der Waals surface area contributed by atoms with Gasteiger partial charge in [-0.05, 0) is 73.2 Å². The number of methoxy groups -OCH3 is 1. The number of carbonyl (C=O) groups is 1. The number of amides is 1. The molecule has 1 aliphatic rings. The number of piperidine rings is 1. The van der Waals surface area contributed by atoms with Crippen LogP contribution < -0.4 is 4.74 Å². The molecular weight excluding hydrogens is 432 g/mol. The van der Waals surface area contributed by atoms with Crippen LogP contribution in [0.5, 0.6) is 5.75 Å². The second kappa shape index (κ2) is 11.9. The molecule has 4 nitrogen and oxygen atoms in total. The predicted octanol–water partition coefficient (Wildman–Crippen LogP) is 6.28. The van der Waals surface area contributed by atoms with Crippen LogP contribution in [0.4, 0.5) is 0 Å². The van der Waals surface area contributed by atoms with Crippen LogP contribution in [0.2, 0.25) is 0 Å². The predicted molar refractivity (Wildman–Crippen MR) is 144 cm³/mol. The highest BCUT2D eigenvalue weighted by molar-refractivity contribution is 5.95. The molecule has 3 aromatic rings. The van der Waals surface area contributed by atoms with Crippen molar-refractivity contribution < 1.29 is 9.53 Å². The van der Waals surface area contributed by atoms with Crippen molar-refractivity contribution in [1.29, 1.82) is 0 Å². The summed E-state index contributed by atoms with van der Waals surface area (Å²) < 4.78 is 5.29. The summed E-state index contributed by atoms with van der Waals surface area (Å²) in [5.41, 5.74) is 7.31. The van der Waals surface area contributed by atoms with Crippen LogP contribution in [0.3, 0.4) is 0 Å². The number of likely N-dealkylation sites (tertiary alicyclic amines) is 1. The molecule has 0 aromatic heterocycles. The Kier molecular flexibility index (Phi) is 8.38. The maximum Gasteiger partial charge on any atom is 0.253 e. The lowest BCUT2D eigenvalue weighted by atomic mass is 9.88. The lowest BCUT2D eigenvalue weighted by Crippen LogP contribution is -2.30. The zero-order chi connectivity index (χ0) is 24.6. The second-order valence-electron chi connectivity index (χ2n) is 9.02. The number of benzene rings is 3. The summed E-state index contributed by atoms with van der Waals surface area (Å²) in [5.74, 6) is 0.997. The quantitative estimate of drug-likeness (QED) is 0.390. The van der Waals surface area contributed by atoms with E-state index in [0.717, 1.165) is 56.9 Å². The highest BCUT2D eigenvalue weighted by Gasteiger charge is 2.20. The van der Waals surface area contributed by atoms with E-state index >= 15 is 0 Å². The van der Waals surface area contributed by atoms with Crippen LogP contribution in [0.25, 0.3) is 5.57 Å². The fourth-order valence-electron chi connectivity index (χ4n) is 4.87. The van der Waals surface area contributed by atoms with Crippen molar-refractivity contribution in [1.82, 2.24) is 9.80 Å². The molecule has 1 amide bonds. The number of rotatable bonds is 8. The van der Waals surface area contributed by atoms with Crippen LogP contribution >= 0.6 is 0 Å². The number of carbonyl (C=O) groups excluding carboxylic acids is 1. The molecule has 182 valence electrons. The minimum Gasteiger partial charge on any atom is -0.497 e. The van der Waals surface area contributed by atoms with E-state index in [2.05, 4.69) is 59.5 Å². The Labute approximate surface area is 209 Å². The third kappa shape index (κ3) is 6.01. The first-order valence-corrected chi connectivity index (χ1v) is 12.6. The van der Waals surface area contributed by atoms with Crippen molar-refractivity contribution in [3.05, 3.63) is 107 Å². The fraction of sp³-hybridized carbons (Fsp3) is 0.323. The van der Waals surface area contributed by atoms with Crippen molar-refractivity contribution in [2.75, 3.05) is 33.3 Å². The van der Waals surface area contributed by atoms with E-state index < -0.39 is 0 Å². The number of hydrogen-bond acceptors (Lipinski definition) is 3. The fourth-order valence-corrected chi connectivity index (χ4v) is 4.87. The van der Waals surface area contributed by atoms with Gasteiger partial charge in [-0.25, -0.2) is 0 Å². The topological polar surface area (TPSA) is 32.8 Å². The third-order valence-electron chi connectivity index (χ3n) is 6.91. The molecule has 0 bridgehead atoms. The number of nitrogens with zero attached hydrogens (tertiary/aromatic N) is 2. The first-order valence-electron chi connectivity index (χ1n) is 12.6. The Balaban J connectivity index is 1.54. The van der Waals surface area contributed by atoms with Gasteiger partial charge in [-0.15, -0.1) is 0 Å². The maximum absolute atomic E-state index is 12.8. The SMILES string of the molecule is CCN(CC)C(=O)c1ccc(C(=C2CCN(Cc3ccc(OC)cc3)CC2)c2ccccc2)cc1. The van der Waals surface area contributed by atoms with Crippen LogP contribution in [-0.2, 0) is 6.54 Å². The number of hydrogen-bond donors (Lipinski definition) is 0. The average Bonchev–Trinajstić information content (AvgIpc) is 2.92. The Hall–Kier alpha value is -3.37. The van der Waals surface area contributed by atoms with E-state index in [-0.39, 0.29) is 5.91 Å². The Bertz CT molecular complexity index is 1120. The highest BCUT2D eigenvalue weighted by atomic mass is 16.5. The third-order valence-corrected chi connectivity index (χ3v) is 6.91. The zero-order valence-electron chi connectivity index (χ0n) is 21.2. The molecule has 3 aromatic carbocycles. The van der Waals surface area contributed by atoms with Gasteiger partial charge in [-0.3, -0.25) is 9.69 Å². The van der Waals surface area contributed by atoms with E-state index in [1.165, 1.54) is 27.8 Å². The standard InChI is InChI=1S/C31H36N2O2/c1-4-33(5-2)31(34)28-15-13-26(14-16-28)30(25-9-7-6-8-10-25)27-19-21-32(22-20-27)23-24-11-17-29(35-3)18-12-24/h6-18H,4-5,19-23H2,1-3H3. The minimum atomic E-state index is 0.0994. The van der Waals surface area contributed by atoms with Crippen LogP contribution in [0.1, 0.15) is 53.7 Å². The second-order valence-corrected chi connectivity index (χ2v) is 9.02. The van der Waals surface area contributed by atoms with Crippen LogP contribution in [0, 0.1) is 0 Å². The van der Waals surface area contributed by atoms with Crippen LogP contribution in [-0.4, -0.2) is 49.0 Å². The summed E-state index contributed by atoms with van der Waals surface area (Å²) in [6, 6.07) is 27.3. The van der Waals surface area contributed by atoms with Gasteiger partial charge >= 0.3 is 0 Å². The van der Waals surface area contributed by atoms with Gasteiger partial charge in [0.1, 0.15) is 5.75 Å². The van der Waals surface area contributed by atoms with Gasteiger partial charge in [0.2, 0.25) is 0 Å². The monoisotopic (exact) mass is 468 g/mol. The van der Waals surface area contributed by atoms with Gasteiger partial charge < -0.3 is 9.64 Å². The molecule has 0 atom stereocenters. The average molecular weight is 469 g/mol. The van der Waals surface area contributed by atoms with Crippen molar-refractivity contribution in [2.24, 2.45) is 0 Å². The van der Waals surface area contributed by atoms with Gasteiger partial charge in [0.25, 0.3) is 5.91 Å². The summed E-state index contributed by atoms with van der Waals surface area (Å²) >= 11 is 0. The Morgan fingerprint density at radius 3 is 1.94 bits per heavy atom. The molecule has 4 heteroatoms. The molecule has 0 radical (unpaired) electrons. The molecular formula is C31H36N2O2. The molecule has 1 saturated heterocycles. The summed E-state index contributed by atoms with van der Waals surface area (Å²) in [7, 11) is 1.70. The molecule has 0 N–H and O–H groups in total. The van der Waals surface area contributed by atoms with Gasteiger partial charge in [-0.2, -0.15) is 0 Å². The van der Waals surface area contributed by atoms with Gasteiger partial charge in [0.05, 0.1) is 7.11 Å². The summed E-state index contributed by atoms with van der Waals surface area (Å²) in [5, 5.41) is 0. The van der Waals surface area contributed by atoms with Crippen molar-refractivity contribution in [2.45, 2.75) is 33.2 Å². The molecule has 0 saturated carbocycles. The van der Waals surface area contributed by atoms with Crippen molar-refractivity contribution in [3.63, 3.8) is 0 Å². The molecule has 4 rings (SSSR count). The highest BCUT2D eigenvalue weighted by Crippen LogP contribution is 2.33. The van der Waals surface area contributed by atoms with Crippen LogP contribution in [0.15, 0.2) is 84.4 Å². The lowest BCUT2D eigenvalue weighted by molar-refractivity contribution is 0.0773. The van der Waals surface area contributed by atoms with Gasteiger partial charge in [0, 0.05) is 38.3 Å². The molecule has 35 heavy (non-hydrogen) atoms. The first kappa shape index (κ1) is 24.7. The lowest BCUT2D eigenvalue weighted by Gasteiger charge is -2.30. The van der Waals surface area contributed by atoms with E-state index in [1.807, 2.05) is 43.0 Å². The van der Waals surface area contributed by atoms with Gasteiger partial charge in [-0.1, -0.05) is 60.2 Å². The summed E-state index contributed by atoms with van der Waals surface area (Å²) in [6.07, 6.45) is 2.08. The van der Waals surface area contributed by atoms with E-state index in [0.29, 0.717) is 0 Å². The number of ether oxygens (including phenoxy) is 1. The Morgan fingerprint density at radius 2 is 1.37 bits per heavy atom.